The Morgan fingerprint density at radius 1 is 1.26 bits per heavy atom. The highest BCUT2D eigenvalue weighted by Gasteiger charge is 2.39. The van der Waals surface area contributed by atoms with E-state index in [9.17, 15) is 9.59 Å². The number of rotatable bonds is 4. The highest BCUT2D eigenvalue weighted by atomic mass is 16.7. The molecular weight excluding hydrogens is 300 g/mol. The molecule has 1 aromatic rings. The smallest absolute Gasteiger partial charge is 0.348 e. The highest BCUT2D eigenvalue weighted by molar-refractivity contribution is 6.19. The maximum absolute atomic E-state index is 12.0. The molecule has 2 rings (SSSR count). The molecule has 0 aromatic heterocycles. The second-order valence-corrected chi connectivity index (χ2v) is 5.13. The number of cyclic esters (lactones) is 2. The van der Waals surface area contributed by atoms with Crippen LogP contribution in [0.2, 0.25) is 0 Å². The molecule has 0 bridgehead atoms. The van der Waals surface area contributed by atoms with Crippen molar-refractivity contribution in [3.63, 3.8) is 0 Å². The number of benzene rings is 1. The number of terminal acetylenes is 1. The van der Waals surface area contributed by atoms with Gasteiger partial charge >= 0.3 is 11.9 Å². The van der Waals surface area contributed by atoms with Crippen LogP contribution in [0, 0.1) is 12.3 Å². The molecule has 1 aromatic carbocycles. The lowest BCUT2D eigenvalue weighted by Gasteiger charge is -2.29. The van der Waals surface area contributed by atoms with Crippen LogP contribution in [-0.2, 0) is 19.1 Å². The molecule has 6 heteroatoms. The van der Waals surface area contributed by atoms with Gasteiger partial charge in [-0.1, -0.05) is 5.92 Å². The fraction of sp³-hybridized carbons (Fsp3) is 0.294. The highest BCUT2D eigenvalue weighted by Crippen LogP contribution is 2.29. The number of hydrogen-bond acceptors (Lipinski definition) is 6. The Labute approximate surface area is 134 Å². The quantitative estimate of drug-likeness (QED) is 0.366. The summed E-state index contributed by atoms with van der Waals surface area (Å²) < 4.78 is 20.6. The van der Waals surface area contributed by atoms with Crippen molar-refractivity contribution in [3.05, 3.63) is 29.3 Å². The monoisotopic (exact) mass is 316 g/mol. The lowest BCUT2D eigenvalue weighted by atomic mass is 10.1. The molecule has 0 N–H and O–H groups in total. The van der Waals surface area contributed by atoms with Gasteiger partial charge in [-0.3, -0.25) is 0 Å². The Morgan fingerprint density at radius 3 is 2.48 bits per heavy atom. The Kier molecular flexibility index (Phi) is 4.60. The zero-order valence-corrected chi connectivity index (χ0v) is 13.0. The number of carbonyl (C=O) groups excluding carboxylic acids is 2. The predicted octanol–water partition coefficient (Wildman–Crippen LogP) is 1.93. The van der Waals surface area contributed by atoms with E-state index in [1.54, 1.807) is 18.2 Å². The number of methoxy groups -OCH3 is 1. The van der Waals surface area contributed by atoms with E-state index >= 15 is 0 Å². The van der Waals surface area contributed by atoms with Crippen LogP contribution >= 0.6 is 0 Å². The summed E-state index contributed by atoms with van der Waals surface area (Å²) in [5, 5.41) is 0. The molecule has 0 unspecified atom stereocenters. The van der Waals surface area contributed by atoms with Crippen LogP contribution in [0.1, 0.15) is 19.4 Å². The maximum atomic E-state index is 12.0. The normalized spacial score (nSPS) is 16.0. The topological polar surface area (TPSA) is 71.1 Å². The lowest BCUT2D eigenvalue weighted by Crippen LogP contribution is -2.41. The van der Waals surface area contributed by atoms with Crippen LogP contribution in [-0.4, -0.2) is 31.4 Å². The van der Waals surface area contributed by atoms with Gasteiger partial charge in [-0.15, -0.1) is 6.42 Å². The molecule has 0 spiro atoms. The third-order valence-corrected chi connectivity index (χ3v) is 2.94. The molecule has 1 heterocycles. The predicted molar refractivity (Wildman–Crippen MR) is 81.6 cm³/mol. The molecule has 1 saturated heterocycles. The largest absolute Gasteiger partial charge is 0.497 e. The van der Waals surface area contributed by atoms with Gasteiger partial charge in [0.05, 0.1) is 7.11 Å². The van der Waals surface area contributed by atoms with E-state index in [1.807, 2.05) is 0 Å². The first-order valence-electron chi connectivity index (χ1n) is 6.79. The Hall–Kier alpha value is -2.94. The molecule has 1 aliphatic heterocycles. The van der Waals surface area contributed by atoms with Crippen LogP contribution in [0.25, 0.3) is 6.08 Å². The summed E-state index contributed by atoms with van der Waals surface area (Å²) in [5.74, 6) is 0.459. The molecule has 1 aliphatic rings. The number of esters is 2. The van der Waals surface area contributed by atoms with Crippen molar-refractivity contribution in [2.24, 2.45) is 0 Å². The average molecular weight is 316 g/mol. The minimum Gasteiger partial charge on any atom is -0.497 e. The fourth-order valence-corrected chi connectivity index (χ4v) is 1.95. The molecule has 0 saturated carbocycles. The first-order chi connectivity index (χ1) is 10.9. The summed E-state index contributed by atoms with van der Waals surface area (Å²) in [7, 11) is 1.50. The zero-order valence-electron chi connectivity index (χ0n) is 13.0. The minimum atomic E-state index is -1.29. The second-order valence-electron chi connectivity index (χ2n) is 5.13. The summed E-state index contributed by atoms with van der Waals surface area (Å²) in [6, 6.07) is 4.92. The van der Waals surface area contributed by atoms with Gasteiger partial charge in [0.15, 0.2) is 0 Å². The van der Waals surface area contributed by atoms with Crippen molar-refractivity contribution >= 4 is 18.0 Å². The van der Waals surface area contributed by atoms with Crippen molar-refractivity contribution in [2.45, 2.75) is 19.6 Å². The van der Waals surface area contributed by atoms with Gasteiger partial charge in [0.1, 0.15) is 23.7 Å². The van der Waals surface area contributed by atoms with Crippen molar-refractivity contribution in [3.8, 4) is 23.8 Å². The van der Waals surface area contributed by atoms with Crippen LogP contribution in [0.3, 0.4) is 0 Å². The van der Waals surface area contributed by atoms with Crippen LogP contribution < -0.4 is 9.47 Å². The molecule has 120 valence electrons. The molecule has 0 amide bonds. The minimum absolute atomic E-state index is 0.0461. The fourth-order valence-electron chi connectivity index (χ4n) is 1.95. The molecule has 0 atom stereocenters. The van der Waals surface area contributed by atoms with Gasteiger partial charge in [-0.2, -0.15) is 0 Å². The van der Waals surface area contributed by atoms with E-state index in [0.717, 1.165) is 0 Å². The van der Waals surface area contributed by atoms with Crippen molar-refractivity contribution in [1.29, 1.82) is 0 Å². The summed E-state index contributed by atoms with van der Waals surface area (Å²) in [6.45, 7) is 3.00. The van der Waals surface area contributed by atoms with Gasteiger partial charge in [0.25, 0.3) is 5.79 Å². The molecule has 0 radical (unpaired) electrons. The van der Waals surface area contributed by atoms with Crippen molar-refractivity contribution < 1.29 is 28.5 Å². The Balaban J connectivity index is 2.42. The Morgan fingerprint density at radius 2 is 1.91 bits per heavy atom. The summed E-state index contributed by atoms with van der Waals surface area (Å²) >= 11 is 0. The number of carbonyl (C=O) groups is 2. The zero-order chi connectivity index (χ0) is 17.0. The van der Waals surface area contributed by atoms with E-state index in [-0.39, 0.29) is 12.2 Å². The first kappa shape index (κ1) is 16.4. The third-order valence-electron chi connectivity index (χ3n) is 2.94. The van der Waals surface area contributed by atoms with Gasteiger partial charge < -0.3 is 18.9 Å². The van der Waals surface area contributed by atoms with Gasteiger partial charge in [-0.05, 0) is 24.3 Å². The molecule has 23 heavy (non-hydrogen) atoms. The molecule has 0 aliphatic carbocycles. The maximum Gasteiger partial charge on any atom is 0.348 e. The van der Waals surface area contributed by atoms with Crippen molar-refractivity contribution in [2.75, 3.05) is 13.7 Å². The van der Waals surface area contributed by atoms with E-state index in [4.69, 9.17) is 25.4 Å². The van der Waals surface area contributed by atoms with Gasteiger partial charge in [0.2, 0.25) is 0 Å². The first-order valence-corrected chi connectivity index (χ1v) is 6.79. The summed E-state index contributed by atoms with van der Waals surface area (Å²) in [6.07, 6.45) is 6.51. The van der Waals surface area contributed by atoms with Gasteiger partial charge in [-0.25, -0.2) is 9.59 Å². The Bertz CT molecular complexity index is 686. The van der Waals surface area contributed by atoms with Crippen LogP contribution in [0.15, 0.2) is 23.8 Å². The van der Waals surface area contributed by atoms with Crippen LogP contribution in [0.4, 0.5) is 0 Å². The summed E-state index contributed by atoms with van der Waals surface area (Å²) in [5.41, 5.74) is 0.214. The molecular formula is C17H16O6. The van der Waals surface area contributed by atoms with E-state index in [1.165, 1.54) is 27.0 Å². The molecule has 6 nitrogen and oxygen atoms in total. The summed E-state index contributed by atoms with van der Waals surface area (Å²) in [4.78, 5) is 24.0. The number of hydrogen-bond donors (Lipinski definition) is 0. The number of ether oxygens (including phenoxy) is 4. The SMILES string of the molecule is C#CCOc1ccc(OC)cc1C=C1C(=O)OC(C)(C)OC1=O. The molecule has 1 fully saturated rings. The second kappa shape index (κ2) is 6.44. The third kappa shape index (κ3) is 3.83. The van der Waals surface area contributed by atoms with E-state index in [2.05, 4.69) is 5.92 Å². The van der Waals surface area contributed by atoms with Crippen molar-refractivity contribution in [1.82, 2.24) is 0 Å². The van der Waals surface area contributed by atoms with Crippen LogP contribution in [0.5, 0.6) is 11.5 Å². The standard InChI is InChI=1S/C17H16O6/c1-5-8-21-14-7-6-12(20-4)9-11(14)10-13-15(18)22-17(2,3)23-16(13)19/h1,6-7,9-10H,8H2,2-4H3. The van der Waals surface area contributed by atoms with Gasteiger partial charge in [0, 0.05) is 19.4 Å². The van der Waals surface area contributed by atoms with E-state index in [0.29, 0.717) is 17.1 Å². The average Bonchev–Trinajstić information content (AvgIpc) is 2.48. The van der Waals surface area contributed by atoms with E-state index < -0.39 is 17.7 Å². The lowest BCUT2D eigenvalue weighted by molar-refractivity contribution is -0.222.